The number of aromatic nitrogens is 2. The first-order valence-corrected chi connectivity index (χ1v) is 11.7. The van der Waals surface area contributed by atoms with Crippen LogP contribution in [-0.2, 0) is 25.3 Å². The molecule has 0 fully saturated rings. The van der Waals surface area contributed by atoms with Crippen LogP contribution in [0.25, 0.3) is 11.1 Å². The number of benzene rings is 1. The van der Waals surface area contributed by atoms with Crippen LogP contribution < -0.4 is 17.2 Å². The minimum Gasteiger partial charge on any atom is -0.364 e. The number of pyridine rings is 2. The summed E-state index contributed by atoms with van der Waals surface area (Å²) in [4.78, 5) is 21.7. The molecule has 0 saturated heterocycles. The van der Waals surface area contributed by atoms with Crippen molar-refractivity contribution in [2.45, 2.75) is 50.9 Å². The zero-order valence-corrected chi connectivity index (χ0v) is 19.7. The Kier molecular flexibility index (Phi) is 8.01. The van der Waals surface area contributed by atoms with Gasteiger partial charge in [0.1, 0.15) is 5.69 Å². The Bertz CT molecular complexity index is 1100. The molecule has 32 heavy (non-hydrogen) atoms. The van der Waals surface area contributed by atoms with Gasteiger partial charge in [0.05, 0.1) is 0 Å². The summed E-state index contributed by atoms with van der Waals surface area (Å²) in [6, 6.07) is 12.0. The minimum atomic E-state index is -0.532. The highest BCUT2D eigenvalue weighted by Crippen LogP contribution is 2.36. The quantitative estimate of drug-likeness (QED) is 0.425. The van der Waals surface area contributed by atoms with E-state index < -0.39 is 5.91 Å². The second kappa shape index (κ2) is 10.7. The van der Waals surface area contributed by atoms with Gasteiger partial charge >= 0.3 is 0 Å². The normalized spacial score (nSPS) is 11.2. The summed E-state index contributed by atoms with van der Waals surface area (Å²) in [6.45, 7) is 7.31. The highest BCUT2D eigenvalue weighted by atomic mass is 32.2. The van der Waals surface area contributed by atoms with Crippen LogP contribution in [0.4, 0.5) is 0 Å². The van der Waals surface area contributed by atoms with E-state index in [4.69, 9.17) is 22.2 Å². The van der Waals surface area contributed by atoms with Crippen molar-refractivity contribution in [1.82, 2.24) is 9.97 Å². The van der Waals surface area contributed by atoms with Gasteiger partial charge in [-0.15, -0.1) is 11.8 Å². The van der Waals surface area contributed by atoms with E-state index in [9.17, 15) is 4.79 Å². The molecule has 3 rings (SSSR count). The summed E-state index contributed by atoms with van der Waals surface area (Å²) in [5, 5.41) is 0. The molecule has 0 aliphatic carbocycles. The maximum atomic E-state index is 11.8. The maximum absolute atomic E-state index is 11.8. The lowest BCUT2D eigenvalue weighted by molar-refractivity contribution is 0.0992. The fraction of sp³-hybridized carbons (Fsp3) is 0.320. The number of rotatable bonds is 9. The van der Waals surface area contributed by atoms with Crippen LogP contribution in [-0.4, -0.2) is 15.9 Å². The molecule has 2 heterocycles. The predicted octanol–water partition coefficient (Wildman–Crippen LogP) is 3.96. The first-order chi connectivity index (χ1) is 15.3. The molecule has 0 atom stereocenters. The minimum absolute atomic E-state index is 0.285. The third kappa shape index (κ3) is 5.35. The van der Waals surface area contributed by atoms with Gasteiger partial charge in [-0.05, 0) is 59.2 Å². The number of hydrogen-bond donors (Lipinski definition) is 3. The summed E-state index contributed by atoms with van der Waals surface area (Å²) < 4.78 is 0. The van der Waals surface area contributed by atoms with Crippen molar-refractivity contribution in [3.8, 4) is 11.1 Å². The molecule has 0 radical (unpaired) electrons. The average Bonchev–Trinajstić information content (AvgIpc) is 2.78. The zero-order valence-electron chi connectivity index (χ0n) is 18.9. The summed E-state index contributed by atoms with van der Waals surface area (Å²) in [5.74, 6) is 0.553. The van der Waals surface area contributed by atoms with Crippen molar-refractivity contribution in [3.63, 3.8) is 0 Å². The van der Waals surface area contributed by atoms with Crippen molar-refractivity contribution in [2.75, 3.05) is 0 Å². The third-order valence-corrected chi connectivity index (χ3v) is 6.42. The van der Waals surface area contributed by atoms with E-state index in [1.54, 1.807) is 6.20 Å². The molecule has 0 saturated carbocycles. The van der Waals surface area contributed by atoms with Gasteiger partial charge in [0.15, 0.2) is 0 Å². The van der Waals surface area contributed by atoms with Crippen LogP contribution in [0.5, 0.6) is 0 Å². The number of amides is 1. The van der Waals surface area contributed by atoms with Crippen LogP contribution in [0.15, 0.2) is 47.5 Å². The number of hydrogen-bond acceptors (Lipinski definition) is 6. The van der Waals surface area contributed by atoms with Gasteiger partial charge in [-0.2, -0.15) is 0 Å². The van der Waals surface area contributed by atoms with Gasteiger partial charge in [0, 0.05) is 41.3 Å². The fourth-order valence-corrected chi connectivity index (χ4v) is 4.91. The Morgan fingerprint density at radius 1 is 1.06 bits per heavy atom. The number of nitrogens with two attached hydrogens (primary N) is 3. The molecule has 0 aliphatic heterocycles. The SMILES string of the molecule is Cc1nc(CC(C)C)c(CN)c(-c2ccc(CN)cc2)c1CSc1cccnc1C(N)=O. The highest BCUT2D eigenvalue weighted by Gasteiger charge is 2.20. The molecule has 0 unspecified atom stereocenters. The second-order valence-electron chi connectivity index (χ2n) is 8.18. The Morgan fingerprint density at radius 3 is 2.38 bits per heavy atom. The number of carbonyl (C=O) groups excluding carboxylic acids is 1. The standard InChI is InChI=1S/C25H31N5OS/c1-15(2)11-21-19(13-27)23(18-8-6-17(12-26)7-9-18)20(16(3)30-21)14-32-22-5-4-10-29-24(22)25(28)31/h4-10,15H,11-14,26-27H2,1-3H3,(H2,28,31). The molecule has 2 aromatic heterocycles. The zero-order chi connectivity index (χ0) is 23.3. The first kappa shape index (κ1) is 23.9. The van der Waals surface area contributed by atoms with Crippen molar-refractivity contribution >= 4 is 17.7 Å². The topological polar surface area (TPSA) is 121 Å². The van der Waals surface area contributed by atoms with E-state index in [1.165, 1.54) is 11.8 Å². The number of nitrogens with zero attached hydrogens (tertiary/aromatic N) is 2. The van der Waals surface area contributed by atoms with Gasteiger partial charge < -0.3 is 17.2 Å². The van der Waals surface area contributed by atoms with E-state index in [0.29, 0.717) is 24.8 Å². The Labute approximate surface area is 194 Å². The molecule has 3 aromatic rings. The van der Waals surface area contributed by atoms with Gasteiger partial charge in [-0.1, -0.05) is 38.1 Å². The third-order valence-electron chi connectivity index (χ3n) is 5.35. The van der Waals surface area contributed by atoms with Crippen molar-refractivity contribution in [1.29, 1.82) is 0 Å². The monoisotopic (exact) mass is 449 g/mol. The molecule has 0 aliphatic rings. The molecule has 7 heteroatoms. The molecule has 0 spiro atoms. The Hall–Kier alpha value is -2.74. The summed E-state index contributed by atoms with van der Waals surface area (Å²) >= 11 is 1.53. The van der Waals surface area contributed by atoms with Crippen molar-refractivity contribution in [3.05, 3.63) is 76.4 Å². The molecule has 1 aromatic carbocycles. The number of primary amides is 1. The van der Waals surface area contributed by atoms with E-state index in [0.717, 1.165) is 50.5 Å². The van der Waals surface area contributed by atoms with Crippen LogP contribution in [0.1, 0.15) is 52.4 Å². The second-order valence-corrected chi connectivity index (χ2v) is 9.20. The van der Waals surface area contributed by atoms with E-state index in [2.05, 4.69) is 43.1 Å². The Morgan fingerprint density at radius 2 is 1.78 bits per heavy atom. The molecule has 0 bridgehead atoms. The van der Waals surface area contributed by atoms with Gasteiger partial charge in [-0.3, -0.25) is 9.78 Å². The highest BCUT2D eigenvalue weighted by molar-refractivity contribution is 7.98. The average molecular weight is 450 g/mol. The van der Waals surface area contributed by atoms with E-state index >= 15 is 0 Å². The van der Waals surface area contributed by atoms with Crippen LogP contribution >= 0.6 is 11.8 Å². The molecular weight excluding hydrogens is 418 g/mol. The lowest BCUT2D eigenvalue weighted by Gasteiger charge is -2.21. The van der Waals surface area contributed by atoms with Crippen LogP contribution in [0.3, 0.4) is 0 Å². The number of thioether (sulfide) groups is 1. The number of carbonyl (C=O) groups is 1. The van der Waals surface area contributed by atoms with Crippen LogP contribution in [0.2, 0.25) is 0 Å². The van der Waals surface area contributed by atoms with Gasteiger partial charge in [-0.25, -0.2) is 4.98 Å². The summed E-state index contributed by atoms with van der Waals surface area (Å²) in [7, 11) is 0. The molecule has 6 N–H and O–H groups in total. The fourth-order valence-electron chi connectivity index (χ4n) is 3.79. The number of aryl methyl sites for hydroxylation is 1. The lowest BCUT2D eigenvalue weighted by Crippen LogP contribution is -2.14. The van der Waals surface area contributed by atoms with Gasteiger partial charge in [0.2, 0.25) is 0 Å². The smallest absolute Gasteiger partial charge is 0.268 e. The maximum Gasteiger partial charge on any atom is 0.268 e. The van der Waals surface area contributed by atoms with Crippen molar-refractivity contribution in [2.24, 2.45) is 23.1 Å². The Balaban J connectivity index is 2.12. The summed E-state index contributed by atoms with van der Waals surface area (Å²) in [5.41, 5.74) is 25.4. The van der Waals surface area contributed by atoms with Crippen LogP contribution in [0, 0.1) is 12.8 Å². The largest absolute Gasteiger partial charge is 0.364 e. The summed E-state index contributed by atoms with van der Waals surface area (Å²) in [6.07, 6.45) is 2.44. The molecule has 6 nitrogen and oxygen atoms in total. The first-order valence-electron chi connectivity index (χ1n) is 10.7. The van der Waals surface area contributed by atoms with Crippen molar-refractivity contribution < 1.29 is 4.79 Å². The van der Waals surface area contributed by atoms with E-state index in [1.807, 2.05) is 19.1 Å². The molecule has 1 amide bonds. The lowest BCUT2D eigenvalue weighted by atomic mass is 9.90. The van der Waals surface area contributed by atoms with E-state index in [-0.39, 0.29) is 5.69 Å². The molecular formula is C25H31N5OS. The predicted molar refractivity (Wildman–Crippen MR) is 131 cm³/mol. The molecule has 168 valence electrons. The van der Waals surface area contributed by atoms with Gasteiger partial charge in [0.25, 0.3) is 5.91 Å².